The zero-order valence-electron chi connectivity index (χ0n) is 12.8. The molecule has 7 heteroatoms. The van der Waals surface area contributed by atoms with Crippen LogP contribution in [0.3, 0.4) is 0 Å². The fourth-order valence-electron chi connectivity index (χ4n) is 2.91. The number of carbonyl (C=O) groups excluding carboxylic acids is 1. The molecule has 23 heavy (non-hydrogen) atoms. The van der Waals surface area contributed by atoms with Gasteiger partial charge in [0.05, 0.1) is 15.7 Å². The Morgan fingerprint density at radius 2 is 2.17 bits per heavy atom. The Kier molecular flexibility index (Phi) is 4.90. The van der Waals surface area contributed by atoms with E-state index in [1.165, 1.54) is 0 Å². The third-order valence-corrected chi connectivity index (χ3v) is 4.79. The van der Waals surface area contributed by atoms with E-state index in [1.807, 2.05) is 18.0 Å². The maximum Gasteiger partial charge on any atom is 0.274 e. The molecule has 1 aromatic heterocycles. The second-order valence-corrected chi connectivity index (χ2v) is 6.41. The summed E-state index contributed by atoms with van der Waals surface area (Å²) in [6.45, 7) is 1.59. The average molecular weight is 353 g/mol. The topological polar surface area (TPSA) is 50.2 Å². The Balaban J connectivity index is 1.81. The summed E-state index contributed by atoms with van der Waals surface area (Å²) < 4.78 is 1.64. The van der Waals surface area contributed by atoms with Gasteiger partial charge >= 0.3 is 0 Å². The van der Waals surface area contributed by atoms with Gasteiger partial charge in [-0.15, -0.1) is 0 Å². The molecule has 0 bridgehead atoms. The largest absolute Gasteiger partial charge is 0.333 e. The lowest BCUT2D eigenvalue weighted by atomic mass is 10.2. The third-order valence-electron chi connectivity index (χ3n) is 4.05. The molecule has 1 aromatic carbocycles. The Bertz CT molecular complexity index is 716. The summed E-state index contributed by atoms with van der Waals surface area (Å²) in [4.78, 5) is 14.6. The summed E-state index contributed by atoms with van der Waals surface area (Å²) >= 11 is 12.0. The number of rotatable bonds is 4. The molecule has 1 aliphatic rings. The molecule has 1 N–H and O–H groups in total. The van der Waals surface area contributed by atoms with Crippen LogP contribution in [0.15, 0.2) is 30.5 Å². The molecule has 0 radical (unpaired) electrons. The molecule has 3 rings (SSSR count). The number of likely N-dealkylation sites (N-methyl/N-ethyl adjacent to an activating group) is 1. The monoisotopic (exact) mass is 352 g/mol. The molecule has 1 fully saturated rings. The maximum absolute atomic E-state index is 12.7. The SMILES string of the molecule is CNCC1CCCN1C(=O)c1ccn(-c2ccc(Cl)c(Cl)c2)n1. The highest BCUT2D eigenvalue weighted by molar-refractivity contribution is 6.42. The van der Waals surface area contributed by atoms with Crippen molar-refractivity contribution in [1.82, 2.24) is 20.0 Å². The molecular weight excluding hydrogens is 335 g/mol. The van der Waals surface area contributed by atoms with Gasteiger partial charge in [-0.1, -0.05) is 23.2 Å². The van der Waals surface area contributed by atoms with Crippen molar-refractivity contribution in [2.24, 2.45) is 0 Å². The van der Waals surface area contributed by atoms with Crippen LogP contribution in [0.5, 0.6) is 0 Å². The van der Waals surface area contributed by atoms with E-state index in [9.17, 15) is 4.79 Å². The van der Waals surface area contributed by atoms with Crippen LogP contribution in [0, 0.1) is 0 Å². The number of amides is 1. The lowest BCUT2D eigenvalue weighted by molar-refractivity contribution is 0.0730. The van der Waals surface area contributed by atoms with Crippen molar-refractivity contribution in [3.63, 3.8) is 0 Å². The van der Waals surface area contributed by atoms with Crippen LogP contribution in [0.4, 0.5) is 0 Å². The molecule has 2 aromatic rings. The Morgan fingerprint density at radius 3 is 2.91 bits per heavy atom. The van der Waals surface area contributed by atoms with Gasteiger partial charge < -0.3 is 10.2 Å². The van der Waals surface area contributed by atoms with Crippen LogP contribution in [0.2, 0.25) is 10.0 Å². The van der Waals surface area contributed by atoms with Crippen molar-refractivity contribution in [3.8, 4) is 5.69 Å². The maximum atomic E-state index is 12.7. The number of hydrogen-bond donors (Lipinski definition) is 1. The van der Waals surface area contributed by atoms with Gasteiger partial charge in [0.2, 0.25) is 0 Å². The lowest BCUT2D eigenvalue weighted by Gasteiger charge is -2.23. The molecule has 1 amide bonds. The van der Waals surface area contributed by atoms with Crippen molar-refractivity contribution in [3.05, 3.63) is 46.2 Å². The van der Waals surface area contributed by atoms with Gasteiger partial charge in [-0.05, 0) is 44.2 Å². The Morgan fingerprint density at radius 1 is 1.35 bits per heavy atom. The van der Waals surface area contributed by atoms with Gasteiger partial charge in [0.15, 0.2) is 5.69 Å². The standard InChI is InChI=1S/C16H18Cl2N4O/c1-19-10-12-3-2-7-21(12)16(23)15-6-8-22(20-15)11-4-5-13(17)14(18)9-11/h4-6,8-9,12,19H,2-3,7,10H2,1H3. The molecule has 0 spiro atoms. The number of nitrogens with zero attached hydrogens (tertiary/aromatic N) is 3. The summed E-state index contributed by atoms with van der Waals surface area (Å²) in [6, 6.07) is 7.23. The molecule has 1 atom stereocenters. The molecule has 0 aliphatic carbocycles. The second-order valence-electron chi connectivity index (χ2n) is 5.60. The van der Waals surface area contributed by atoms with Crippen molar-refractivity contribution in [1.29, 1.82) is 0 Å². The van der Waals surface area contributed by atoms with E-state index in [4.69, 9.17) is 23.2 Å². The first kappa shape index (κ1) is 16.3. The van der Waals surface area contributed by atoms with E-state index in [-0.39, 0.29) is 11.9 Å². The predicted octanol–water partition coefficient (Wildman–Crippen LogP) is 3.00. The van der Waals surface area contributed by atoms with Gasteiger partial charge in [0, 0.05) is 25.3 Å². The van der Waals surface area contributed by atoms with Gasteiger partial charge in [0.25, 0.3) is 5.91 Å². The highest BCUT2D eigenvalue weighted by atomic mass is 35.5. The summed E-state index contributed by atoms with van der Waals surface area (Å²) in [5.41, 5.74) is 1.21. The highest BCUT2D eigenvalue weighted by Gasteiger charge is 2.30. The van der Waals surface area contributed by atoms with Gasteiger partial charge in [-0.2, -0.15) is 5.10 Å². The smallest absolute Gasteiger partial charge is 0.274 e. The first-order valence-corrected chi connectivity index (χ1v) is 8.32. The molecule has 1 saturated heterocycles. The summed E-state index contributed by atoms with van der Waals surface area (Å²) in [5.74, 6) is -0.0263. The number of halogens is 2. The predicted molar refractivity (Wildman–Crippen MR) is 91.6 cm³/mol. The minimum atomic E-state index is -0.0263. The van der Waals surface area contributed by atoms with E-state index in [0.717, 1.165) is 31.6 Å². The minimum absolute atomic E-state index is 0.0263. The molecule has 0 saturated carbocycles. The van der Waals surface area contributed by atoms with Crippen LogP contribution in [0.25, 0.3) is 5.69 Å². The average Bonchev–Trinajstić information content (AvgIpc) is 3.19. The van der Waals surface area contributed by atoms with E-state index in [1.54, 1.807) is 29.1 Å². The zero-order valence-corrected chi connectivity index (χ0v) is 14.3. The fraction of sp³-hybridized carbons (Fsp3) is 0.375. The van der Waals surface area contributed by atoms with Crippen LogP contribution in [0.1, 0.15) is 23.3 Å². The van der Waals surface area contributed by atoms with Crippen LogP contribution in [-0.4, -0.2) is 46.8 Å². The van der Waals surface area contributed by atoms with Crippen molar-refractivity contribution in [2.75, 3.05) is 20.1 Å². The number of aromatic nitrogens is 2. The number of nitrogens with one attached hydrogen (secondary N) is 1. The third kappa shape index (κ3) is 3.37. The van der Waals surface area contributed by atoms with Crippen molar-refractivity contribution < 1.29 is 4.79 Å². The zero-order chi connectivity index (χ0) is 16.4. The highest BCUT2D eigenvalue weighted by Crippen LogP contribution is 2.24. The van der Waals surface area contributed by atoms with Crippen LogP contribution < -0.4 is 5.32 Å². The normalized spacial score (nSPS) is 17.7. The molecule has 5 nitrogen and oxygen atoms in total. The van der Waals surface area contributed by atoms with Crippen LogP contribution >= 0.6 is 23.2 Å². The molecular formula is C16H18Cl2N4O. The van der Waals surface area contributed by atoms with E-state index in [0.29, 0.717) is 15.7 Å². The molecule has 2 heterocycles. The van der Waals surface area contributed by atoms with Crippen molar-refractivity contribution in [2.45, 2.75) is 18.9 Å². The number of carbonyl (C=O) groups is 1. The van der Waals surface area contributed by atoms with Crippen molar-refractivity contribution >= 4 is 29.1 Å². The minimum Gasteiger partial charge on any atom is -0.333 e. The molecule has 122 valence electrons. The molecule has 1 aliphatic heterocycles. The van der Waals surface area contributed by atoms with Gasteiger partial charge in [-0.3, -0.25) is 4.79 Å². The number of hydrogen-bond acceptors (Lipinski definition) is 3. The summed E-state index contributed by atoms with van der Waals surface area (Å²) in [7, 11) is 1.90. The summed E-state index contributed by atoms with van der Waals surface area (Å²) in [6.07, 6.45) is 3.82. The second kappa shape index (κ2) is 6.91. The Hall–Kier alpha value is -1.56. The van der Waals surface area contributed by atoms with Gasteiger partial charge in [-0.25, -0.2) is 4.68 Å². The van der Waals surface area contributed by atoms with E-state index < -0.39 is 0 Å². The fourth-order valence-corrected chi connectivity index (χ4v) is 3.20. The first-order chi connectivity index (χ1) is 11.1. The quantitative estimate of drug-likeness (QED) is 0.919. The van der Waals surface area contributed by atoms with Crippen LogP contribution in [-0.2, 0) is 0 Å². The summed E-state index contributed by atoms with van der Waals surface area (Å²) in [5, 5.41) is 8.49. The first-order valence-electron chi connectivity index (χ1n) is 7.57. The van der Waals surface area contributed by atoms with Gasteiger partial charge in [0.1, 0.15) is 0 Å². The number of likely N-dealkylation sites (tertiary alicyclic amines) is 1. The van der Waals surface area contributed by atoms with E-state index in [2.05, 4.69) is 10.4 Å². The molecule has 1 unspecified atom stereocenters. The Labute approximate surface area is 145 Å². The van der Waals surface area contributed by atoms with E-state index >= 15 is 0 Å². The lowest BCUT2D eigenvalue weighted by Crippen LogP contribution is -2.41. The number of benzene rings is 1.